The van der Waals surface area contributed by atoms with E-state index in [-0.39, 0.29) is 24.3 Å². The number of likely N-dealkylation sites (tertiary alicyclic amines) is 1. The fourth-order valence-corrected chi connectivity index (χ4v) is 4.00. The van der Waals surface area contributed by atoms with E-state index in [1.54, 1.807) is 12.1 Å². The zero-order chi connectivity index (χ0) is 17.9. The molecule has 25 heavy (non-hydrogen) atoms. The number of aliphatic hydroxyl groups excluding tert-OH is 1. The Morgan fingerprint density at radius 1 is 1.32 bits per heavy atom. The van der Waals surface area contributed by atoms with Gasteiger partial charge in [0.1, 0.15) is 11.4 Å². The maximum Gasteiger partial charge on any atom is 0.235 e. The molecule has 0 bridgehead atoms. The second-order valence-corrected chi connectivity index (χ2v) is 7.19. The summed E-state index contributed by atoms with van der Waals surface area (Å²) < 4.78 is 13.1. The summed E-state index contributed by atoms with van der Waals surface area (Å²) in [4.78, 5) is 14.4. The average Bonchev–Trinajstić information content (AvgIpc) is 2.96. The Kier molecular flexibility index (Phi) is 5.36. The molecular formula is C19H24FN3O2. The third-order valence-corrected chi connectivity index (χ3v) is 5.28. The summed E-state index contributed by atoms with van der Waals surface area (Å²) in [5.74, 6) is -0.496. The number of aliphatic hydroxyl groups is 1. The molecule has 1 amide bonds. The molecule has 134 valence electrons. The second kappa shape index (κ2) is 7.51. The van der Waals surface area contributed by atoms with Crippen LogP contribution in [0.15, 0.2) is 24.3 Å². The maximum atomic E-state index is 13.1. The highest BCUT2D eigenvalue weighted by Crippen LogP contribution is 2.32. The van der Waals surface area contributed by atoms with Crippen molar-refractivity contribution >= 4 is 5.91 Å². The number of halogens is 1. The van der Waals surface area contributed by atoms with E-state index in [9.17, 15) is 19.6 Å². The lowest BCUT2D eigenvalue weighted by Crippen LogP contribution is -2.51. The van der Waals surface area contributed by atoms with Gasteiger partial charge in [-0.1, -0.05) is 31.4 Å². The summed E-state index contributed by atoms with van der Waals surface area (Å²) in [5, 5.41) is 22.4. The molecule has 2 fully saturated rings. The summed E-state index contributed by atoms with van der Waals surface area (Å²) >= 11 is 0. The Morgan fingerprint density at radius 2 is 2.00 bits per heavy atom. The molecule has 5 nitrogen and oxygen atoms in total. The molecule has 0 spiro atoms. The molecule has 1 saturated heterocycles. The highest BCUT2D eigenvalue weighted by molar-refractivity contribution is 5.79. The summed E-state index contributed by atoms with van der Waals surface area (Å²) in [7, 11) is 0. The van der Waals surface area contributed by atoms with Crippen molar-refractivity contribution in [3.63, 3.8) is 0 Å². The number of rotatable bonds is 4. The monoisotopic (exact) mass is 345 g/mol. The minimum Gasteiger partial charge on any atom is -0.392 e. The summed E-state index contributed by atoms with van der Waals surface area (Å²) in [6.45, 7) is 0.525. The smallest absolute Gasteiger partial charge is 0.235 e. The van der Waals surface area contributed by atoms with Crippen LogP contribution in [0.1, 0.15) is 50.1 Å². The van der Waals surface area contributed by atoms with Crippen LogP contribution in [0.3, 0.4) is 0 Å². The molecule has 3 rings (SSSR count). The van der Waals surface area contributed by atoms with Gasteiger partial charge in [-0.3, -0.25) is 9.69 Å². The first-order valence-corrected chi connectivity index (χ1v) is 8.91. The molecule has 1 heterocycles. The molecule has 1 aliphatic carbocycles. The van der Waals surface area contributed by atoms with Gasteiger partial charge in [0.2, 0.25) is 5.91 Å². The fraction of sp³-hybridized carbons (Fsp3) is 0.579. The number of nitrogens with zero attached hydrogens (tertiary/aromatic N) is 2. The summed E-state index contributed by atoms with van der Waals surface area (Å²) in [6.07, 6.45) is 4.40. The third-order valence-electron chi connectivity index (χ3n) is 5.28. The lowest BCUT2D eigenvalue weighted by molar-refractivity contribution is -0.124. The minimum atomic E-state index is -0.751. The average molecular weight is 345 g/mol. The molecule has 2 aliphatic rings. The van der Waals surface area contributed by atoms with Crippen molar-refractivity contribution in [2.24, 2.45) is 0 Å². The predicted molar refractivity (Wildman–Crippen MR) is 90.9 cm³/mol. The Hall–Kier alpha value is -1.97. The van der Waals surface area contributed by atoms with Crippen LogP contribution in [0.4, 0.5) is 4.39 Å². The molecule has 0 unspecified atom stereocenters. The molecule has 0 radical (unpaired) electrons. The van der Waals surface area contributed by atoms with E-state index in [4.69, 9.17) is 0 Å². The van der Waals surface area contributed by atoms with E-state index in [0.717, 1.165) is 24.8 Å². The first-order chi connectivity index (χ1) is 12.0. The third kappa shape index (κ3) is 4.17. The number of nitriles is 1. The van der Waals surface area contributed by atoms with Crippen molar-refractivity contribution in [3.8, 4) is 6.07 Å². The number of hydrogen-bond acceptors (Lipinski definition) is 4. The molecule has 2 atom stereocenters. The molecule has 1 saturated carbocycles. The van der Waals surface area contributed by atoms with E-state index < -0.39 is 11.6 Å². The van der Waals surface area contributed by atoms with Gasteiger partial charge in [0.25, 0.3) is 0 Å². The van der Waals surface area contributed by atoms with Gasteiger partial charge in [0.05, 0.1) is 18.7 Å². The van der Waals surface area contributed by atoms with Crippen LogP contribution < -0.4 is 5.32 Å². The number of carbonyl (C=O) groups is 1. The Bertz CT molecular complexity index is 650. The minimum absolute atomic E-state index is 0.120. The molecule has 2 N–H and O–H groups in total. The standard InChI is InChI=1S/C19H24FN3O2/c20-15-6-4-14(5-7-15)17-10-16(24)11-23(17)12-18(25)22-19(13-21)8-2-1-3-9-19/h4-7,16-17,24H,1-3,8-12H2,(H,22,25)/t16-,17+/m1/s1. The van der Waals surface area contributed by atoms with Crippen molar-refractivity contribution in [1.29, 1.82) is 5.26 Å². The SMILES string of the molecule is N#CC1(NC(=O)CN2C[C@H](O)C[C@H]2c2ccc(F)cc2)CCCCC1. The van der Waals surface area contributed by atoms with E-state index in [1.807, 2.05) is 4.90 Å². The molecule has 1 aromatic rings. The van der Waals surface area contributed by atoms with Gasteiger partial charge in [0, 0.05) is 12.6 Å². The van der Waals surface area contributed by atoms with Crippen LogP contribution in [0.25, 0.3) is 0 Å². The van der Waals surface area contributed by atoms with Gasteiger partial charge < -0.3 is 10.4 Å². The number of carbonyl (C=O) groups excluding carboxylic acids is 1. The highest BCUT2D eigenvalue weighted by atomic mass is 19.1. The molecule has 0 aromatic heterocycles. The van der Waals surface area contributed by atoms with Crippen molar-refractivity contribution in [1.82, 2.24) is 10.2 Å². The zero-order valence-electron chi connectivity index (χ0n) is 14.2. The van der Waals surface area contributed by atoms with Crippen molar-refractivity contribution in [3.05, 3.63) is 35.6 Å². The molecule has 1 aliphatic heterocycles. The quantitative estimate of drug-likeness (QED) is 0.878. The molecule has 6 heteroatoms. The molecule has 1 aromatic carbocycles. The predicted octanol–water partition coefficient (Wildman–Crippen LogP) is 2.28. The van der Waals surface area contributed by atoms with Crippen LogP contribution in [0, 0.1) is 17.1 Å². The summed E-state index contributed by atoms with van der Waals surface area (Å²) in [5.41, 5.74) is 0.136. The van der Waals surface area contributed by atoms with Crippen LogP contribution >= 0.6 is 0 Å². The number of hydrogen-bond donors (Lipinski definition) is 2. The first-order valence-electron chi connectivity index (χ1n) is 8.91. The Morgan fingerprint density at radius 3 is 2.64 bits per heavy atom. The normalized spacial score (nSPS) is 26.1. The topological polar surface area (TPSA) is 76.4 Å². The summed E-state index contributed by atoms with van der Waals surface area (Å²) in [6, 6.07) is 8.35. The van der Waals surface area contributed by atoms with E-state index >= 15 is 0 Å². The van der Waals surface area contributed by atoms with Gasteiger partial charge in [-0.2, -0.15) is 5.26 Å². The van der Waals surface area contributed by atoms with E-state index in [2.05, 4.69) is 11.4 Å². The number of amides is 1. The highest BCUT2D eigenvalue weighted by Gasteiger charge is 2.37. The van der Waals surface area contributed by atoms with Crippen molar-refractivity contribution in [2.75, 3.05) is 13.1 Å². The Balaban J connectivity index is 1.66. The largest absolute Gasteiger partial charge is 0.392 e. The Labute approximate surface area is 147 Å². The van der Waals surface area contributed by atoms with Crippen LogP contribution in [0.5, 0.6) is 0 Å². The van der Waals surface area contributed by atoms with Crippen molar-refractivity contribution < 1.29 is 14.3 Å². The molecular weight excluding hydrogens is 321 g/mol. The van der Waals surface area contributed by atoms with Crippen LogP contribution in [0.2, 0.25) is 0 Å². The van der Waals surface area contributed by atoms with Gasteiger partial charge in [-0.05, 0) is 37.0 Å². The van der Waals surface area contributed by atoms with E-state index in [1.165, 1.54) is 12.1 Å². The fourth-order valence-electron chi connectivity index (χ4n) is 4.00. The van der Waals surface area contributed by atoms with Crippen LogP contribution in [-0.2, 0) is 4.79 Å². The number of nitrogens with one attached hydrogen (secondary N) is 1. The van der Waals surface area contributed by atoms with E-state index in [0.29, 0.717) is 25.8 Å². The maximum absolute atomic E-state index is 13.1. The van der Waals surface area contributed by atoms with Gasteiger partial charge >= 0.3 is 0 Å². The number of β-amino-alcohol motifs (C(OH)–C–C–N with tert-alkyl or cyclic N) is 1. The lowest BCUT2D eigenvalue weighted by atomic mass is 9.83. The van der Waals surface area contributed by atoms with Gasteiger partial charge in [-0.15, -0.1) is 0 Å². The first kappa shape index (κ1) is 17.8. The van der Waals surface area contributed by atoms with Gasteiger partial charge in [0.15, 0.2) is 0 Å². The van der Waals surface area contributed by atoms with Crippen molar-refractivity contribution in [2.45, 2.75) is 56.2 Å². The number of benzene rings is 1. The van der Waals surface area contributed by atoms with Gasteiger partial charge in [-0.25, -0.2) is 4.39 Å². The second-order valence-electron chi connectivity index (χ2n) is 7.19. The van der Waals surface area contributed by atoms with Crippen LogP contribution in [-0.4, -0.2) is 40.6 Å². The lowest BCUT2D eigenvalue weighted by Gasteiger charge is -2.33. The zero-order valence-corrected chi connectivity index (χ0v) is 14.2.